The van der Waals surface area contributed by atoms with Crippen LogP contribution in [0.4, 0.5) is 0 Å². The molecule has 0 heterocycles. The van der Waals surface area contributed by atoms with Crippen LogP contribution in [-0.2, 0) is 0 Å². The third-order valence-electron chi connectivity index (χ3n) is 1.26. The zero-order chi connectivity index (χ0) is 7.28. The summed E-state index contributed by atoms with van der Waals surface area (Å²) in [6, 6.07) is 0. The average Bonchev–Trinajstić information content (AvgIpc) is 1.82. The van der Waals surface area contributed by atoms with Gasteiger partial charge < -0.3 is 0 Å². The Balaban J connectivity index is 3.84. The van der Waals surface area contributed by atoms with Crippen LogP contribution in [0.15, 0.2) is 24.3 Å². The van der Waals surface area contributed by atoms with E-state index in [-0.39, 0.29) is 5.38 Å². The molecule has 0 aromatic heterocycles. The minimum atomic E-state index is 0.146. The number of alkyl halides is 1. The topological polar surface area (TPSA) is 0 Å². The van der Waals surface area contributed by atoms with Crippen molar-refractivity contribution in [2.24, 2.45) is 0 Å². The van der Waals surface area contributed by atoms with E-state index in [1.807, 2.05) is 26.0 Å². The monoisotopic (exact) mass is 144 g/mol. The summed E-state index contributed by atoms with van der Waals surface area (Å²) in [5.74, 6) is 0. The van der Waals surface area contributed by atoms with Gasteiger partial charge in [0.05, 0.1) is 5.38 Å². The quantitative estimate of drug-likeness (QED) is 0.422. The lowest BCUT2D eigenvalue weighted by molar-refractivity contribution is 1.03. The van der Waals surface area contributed by atoms with Gasteiger partial charge in [-0.1, -0.05) is 17.7 Å². The summed E-state index contributed by atoms with van der Waals surface area (Å²) in [6.07, 6.45) is 4.81. The van der Waals surface area contributed by atoms with Gasteiger partial charge in [0.1, 0.15) is 0 Å². The molecule has 0 saturated heterocycles. The predicted molar refractivity (Wildman–Crippen MR) is 43.9 cm³/mol. The Morgan fingerprint density at radius 2 is 2.33 bits per heavy atom. The zero-order valence-corrected chi connectivity index (χ0v) is 6.78. The summed E-state index contributed by atoms with van der Waals surface area (Å²) in [6.45, 7) is 7.60. The molecule has 0 fully saturated rings. The highest BCUT2D eigenvalue weighted by molar-refractivity contribution is 6.22. The van der Waals surface area contributed by atoms with Gasteiger partial charge in [0.25, 0.3) is 0 Å². The molecule has 0 aliphatic carbocycles. The molecule has 0 aromatic carbocycles. The normalized spacial score (nSPS) is 15.2. The molecule has 1 unspecified atom stereocenters. The summed E-state index contributed by atoms with van der Waals surface area (Å²) in [5.41, 5.74) is 1.24. The Bertz CT molecular complexity index is 112. The summed E-state index contributed by atoms with van der Waals surface area (Å²) in [5, 5.41) is 0.146. The van der Waals surface area contributed by atoms with Crippen LogP contribution in [0.5, 0.6) is 0 Å². The molecule has 0 amide bonds. The third kappa shape index (κ3) is 3.36. The lowest BCUT2D eigenvalue weighted by atomic mass is 10.1. The fourth-order valence-corrected chi connectivity index (χ4v) is 0.892. The summed E-state index contributed by atoms with van der Waals surface area (Å²) >= 11 is 5.81. The van der Waals surface area contributed by atoms with Crippen LogP contribution in [0.3, 0.4) is 0 Å². The largest absolute Gasteiger partial charge is 0.118 e. The lowest BCUT2D eigenvalue weighted by Crippen LogP contribution is -1.94. The Morgan fingerprint density at radius 3 is 2.44 bits per heavy atom. The van der Waals surface area contributed by atoms with E-state index < -0.39 is 0 Å². The van der Waals surface area contributed by atoms with Crippen molar-refractivity contribution in [3.63, 3.8) is 0 Å². The SMILES string of the molecule is C=CC/C(=C/C)C(C)Cl. The van der Waals surface area contributed by atoms with Crippen molar-refractivity contribution in [3.8, 4) is 0 Å². The summed E-state index contributed by atoms with van der Waals surface area (Å²) in [7, 11) is 0. The second kappa shape index (κ2) is 4.63. The van der Waals surface area contributed by atoms with Gasteiger partial charge in [-0.25, -0.2) is 0 Å². The highest BCUT2D eigenvalue weighted by atomic mass is 35.5. The van der Waals surface area contributed by atoms with Gasteiger partial charge in [0.2, 0.25) is 0 Å². The summed E-state index contributed by atoms with van der Waals surface area (Å²) in [4.78, 5) is 0. The molecule has 0 radical (unpaired) electrons. The van der Waals surface area contributed by atoms with Crippen molar-refractivity contribution in [1.82, 2.24) is 0 Å². The van der Waals surface area contributed by atoms with Gasteiger partial charge in [-0.15, -0.1) is 18.2 Å². The van der Waals surface area contributed by atoms with Crippen LogP contribution in [0.1, 0.15) is 20.3 Å². The molecular weight excluding hydrogens is 132 g/mol. The first-order chi connectivity index (χ1) is 4.22. The molecular formula is C8H13Cl. The van der Waals surface area contributed by atoms with E-state index in [0.717, 1.165) is 6.42 Å². The Labute approximate surface area is 62.2 Å². The second-order valence-corrected chi connectivity index (χ2v) is 2.63. The first-order valence-corrected chi connectivity index (χ1v) is 3.56. The van der Waals surface area contributed by atoms with Crippen LogP contribution < -0.4 is 0 Å². The Kier molecular flexibility index (Phi) is 4.51. The average molecular weight is 145 g/mol. The number of hydrogen-bond acceptors (Lipinski definition) is 0. The number of rotatable bonds is 3. The van der Waals surface area contributed by atoms with Gasteiger partial charge in [-0.3, -0.25) is 0 Å². The molecule has 0 aliphatic rings. The second-order valence-electron chi connectivity index (χ2n) is 1.97. The number of hydrogen-bond donors (Lipinski definition) is 0. The molecule has 0 saturated carbocycles. The highest BCUT2D eigenvalue weighted by Crippen LogP contribution is 2.12. The smallest absolute Gasteiger partial charge is 0.0519 e. The van der Waals surface area contributed by atoms with E-state index in [2.05, 4.69) is 6.58 Å². The Morgan fingerprint density at radius 1 is 1.78 bits per heavy atom. The van der Waals surface area contributed by atoms with E-state index in [4.69, 9.17) is 11.6 Å². The Hall–Kier alpha value is -0.230. The maximum absolute atomic E-state index is 5.81. The molecule has 0 spiro atoms. The van der Waals surface area contributed by atoms with Crippen molar-refractivity contribution in [2.45, 2.75) is 25.6 Å². The molecule has 0 N–H and O–H groups in total. The van der Waals surface area contributed by atoms with Crippen LogP contribution in [-0.4, -0.2) is 5.38 Å². The highest BCUT2D eigenvalue weighted by Gasteiger charge is 1.99. The van der Waals surface area contributed by atoms with E-state index in [1.165, 1.54) is 5.57 Å². The maximum atomic E-state index is 5.81. The van der Waals surface area contributed by atoms with E-state index >= 15 is 0 Å². The van der Waals surface area contributed by atoms with E-state index in [0.29, 0.717) is 0 Å². The van der Waals surface area contributed by atoms with Gasteiger partial charge in [0.15, 0.2) is 0 Å². The molecule has 0 bridgehead atoms. The number of allylic oxidation sites excluding steroid dienone is 3. The van der Waals surface area contributed by atoms with Crippen LogP contribution in [0, 0.1) is 0 Å². The molecule has 52 valence electrons. The molecule has 1 heteroatoms. The molecule has 0 rings (SSSR count). The van der Waals surface area contributed by atoms with E-state index in [9.17, 15) is 0 Å². The van der Waals surface area contributed by atoms with Crippen LogP contribution in [0.25, 0.3) is 0 Å². The number of halogens is 1. The van der Waals surface area contributed by atoms with Gasteiger partial charge in [-0.05, 0) is 20.3 Å². The molecule has 9 heavy (non-hydrogen) atoms. The van der Waals surface area contributed by atoms with Crippen molar-refractivity contribution in [3.05, 3.63) is 24.3 Å². The molecule has 0 nitrogen and oxygen atoms in total. The van der Waals surface area contributed by atoms with Crippen LogP contribution in [0.2, 0.25) is 0 Å². The maximum Gasteiger partial charge on any atom is 0.0519 e. The lowest BCUT2D eigenvalue weighted by Gasteiger charge is -2.04. The molecule has 1 atom stereocenters. The van der Waals surface area contributed by atoms with Crippen molar-refractivity contribution in [2.75, 3.05) is 0 Å². The first-order valence-electron chi connectivity index (χ1n) is 3.12. The fraction of sp³-hybridized carbons (Fsp3) is 0.500. The summed E-state index contributed by atoms with van der Waals surface area (Å²) < 4.78 is 0. The van der Waals surface area contributed by atoms with Crippen molar-refractivity contribution in [1.29, 1.82) is 0 Å². The van der Waals surface area contributed by atoms with Gasteiger partial charge in [0, 0.05) is 0 Å². The first kappa shape index (κ1) is 8.77. The van der Waals surface area contributed by atoms with Gasteiger partial charge >= 0.3 is 0 Å². The van der Waals surface area contributed by atoms with Crippen LogP contribution >= 0.6 is 11.6 Å². The van der Waals surface area contributed by atoms with E-state index in [1.54, 1.807) is 0 Å². The minimum Gasteiger partial charge on any atom is -0.118 e. The van der Waals surface area contributed by atoms with Crippen molar-refractivity contribution < 1.29 is 0 Å². The fourth-order valence-electron chi connectivity index (χ4n) is 0.677. The standard InChI is InChI=1S/C8H13Cl/c1-4-6-8(5-2)7(3)9/h4-5,7H,1,6H2,2-3H3/b8-5-. The van der Waals surface area contributed by atoms with Gasteiger partial charge in [-0.2, -0.15) is 0 Å². The molecule has 0 aliphatic heterocycles. The molecule has 0 aromatic rings. The zero-order valence-electron chi connectivity index (χ0n) is 6.02. The minimum absolute atomic E-state index is 0.146. The van der Waals surface area contributed by atoms with Crippen molar-refractivity contribution >= 4 is 11.6 Å². The predicted octanol–water partition coefficient (Wildman–Crippen LogP) is 3.14. The third-order valence-corrected chi connectivity index (χ3v) is 1.54.